The molecule has 2 fully saturated rings. The third kappa shape index (κ3) is 3.24. The van der Waals surface area contributed by atoms with Gasteiger partial charge in [-0.05, 0) is 37.5 Å². The molecule has 2 aliphatic rings. The van der Waals surface area contributed by atoms with Crippen molar-refractivity contribution in [2.24, 2.45) is 0 Å². The van der Waals surface area contributed by atoms with Crippen LogP contribution in [0.2, 0.25) is 0 Å². The van der Waals surface area contributed by atoms with Crippen molar-refractivity contribution in [1.29, 1.82) is 0 Å². The zero-order valence-electron chi connectivity index (χ0n) is 12.7. The van der Waals surface area contributed by atoms with Crippen LogP contribution in [0.25, 0.3) is 0 Å². The third-order valence-electron chi connectivity index (χ3n) is 4.44. The van der Waals surface area contributed by atoms with Crippen molar-refractivity contribution < 1.29 is 4.79 Å². The molecule has 0 bridgehead atoms. The van der Waals surface area contributed by atoms with E-state index in [1.165, 1.54) is 0 Å². The topological polar surface area (TPSA) is 48.5 Å². The Balaban J connectivity index is 1.85. The number of carbonyl (C=O) groups excluding carboxylic acids is 1. The van der Waals surface area contributed by atoms with Crippen LogP contribution in [0, 0.1) is 0 Å². The Morgan fingerprint density at radius 3 is 2.67 bits per heavy atom. The van der Waals surface area contributed by atoms with Crippen LogP contribution in [0.3, 0.4) is 0 Å². The minimum absolute atomic E-state index is 0.157. The highest BCUT2D eigenvalue weighted by atomic mass is 16.2. The molecule has 0 spiro atoms. The first-order valence-corrected chi connectivity index (χ1v) is 7.92. The average molecular weight is 288 g/mol. The molecule has 3 heterocycles. The van der Waals surface area contributed by atoms with Gasteiger partial charge in [0.05, 0.1) is 0 Å². The van der Waals surface area contributed by atoms with Gasteiger partial charge in [0.15, 0.2) is 0 Å². The number of hydrogen-bond acceptors (Lipinski definition) is 4. The molecule has 1 aromatic rings. The summed E-state index contributed by atoms with van der Waals surface area (Å²) in [5, 5.41) is 3.45. The molecule has 1 N–H and O–H groups in total. The minimum atomic E-state index is -0.157. The molecule has 2 saturated heterocycles. The fraction of sp³-hybridized carbons (Fsp3) is 0.625. The molecule has 21 heavy (non-hydrogen) atoms. The van der Waals surface area contributed by atoms with E-state index in [4.69, 9.17) is 0 Å². The van der Waals surface area contributed by atoms with Crippen LogP contribution in [-0.2, 0) is 4.79 Å². The maximum atomic E-state index is 13.0. The largest absolute Gasteiger partial charge is 0.341 e. The Morgan fingerprint density at radius 1 is 1.29 bits per heavy atom. The van der Waals surface area contributed by atoms with Crippen molar-refractivity contribution >= 4 is 5.91 Å². The lowest BCUT2D eigenvalue weighted by molar-refractivity contribution is -0.136. The maximum absolute atomic E-state index is 13.0. The van der Waals surface area contributed by atoms with Crippen molar-refractivity contribution in [2.45, 2.75) is 31.8 Å². The van der Waals surface area contributed by atoms with Crippen LogP contribution in [0.1, 0.15) is 31.4 Å². The number of nitrogens with one attached hydrogen (secondary N) is 1. The van der Waals surface area contributed by atoms with Gasteiger partial charge in [-0.15, -0.1) is 0 Å². The number of pyridine rings is 1. The van der Waals surface area contributed by atoms with E-state index in [1.807, 2.05) is 17.0 Å². The summed E-state index contributed by atoms with van der Waals surface area (Å²) in [4.78, 5) is 21.4. The Bertz CT molecular complexity index is 472. The zero-order valence-corrected chi connectivity index (χ0v) is 12.7. The Morgan fingerprint density at radius 2 is 2.00 bits per heavy atom. The van der Waals surface area contributed by atoms with Gasteiger partial charge in [0.25, 0.3) is 0 Å². The molecule has 0 radical (unpaired) electrons. The molecule has 1 aromatic heterocycles. The summed E-state index contributed by atoms with van der Waals surface area (Å²) >= 11 is 0. The van der Waals surface area contributed by atoms with Crippen molar-refractivity contribution in [3.8, 4) is 0 Å². The average Bonchev–Trinajstić information content (AvgIpc) is 3.03. The number of likely N-dealkylation sites (tertiary alicyclic amines) is 1. The quantitative estimate of drug-likeness (QED) is 0.903. The molecule has 0 saturated carbocycles. The lowest BCUT2D eigenvalue weighted by atomic mass is 10.0. The highest BCUT2D eigenvalue weighted by molar-refractivity contribution is 5.83. The molecule has 0 aliphatic carbocycles. The van der Waals surface area contributed by atoms with E-state index in [9.17, 15) is 4.79 Å². The van der Waals surface area contributed by atoms with Gasteiger partial charge in [0.2, 0.25) is 5.91 Å². The van der Waals surface area contributed by atoms with Crippen LogP contribution in [0.15, 0.2) is 24.5 Å². The standard InChI is InChI=1S/C16H24N4O/c1-13-12-20(11-8-18-13)15(14-4-6-17-7-5-14)16(21)19-9-2-3-10-19/h4-7,13,15,18H,2-3,8-12H2,1H3. The van der Waals surface area contributed by atoms with Crippen LogP contribution in [0.4, 0.5) is 0 Å². The van der Waals surface area contributed by atoms with Gasteiger partial charge in [-0.3, -0.25) is 14.7 Å². The number of hydrogen-bond donors (Lipinski definition) is 1. The summed E-state index contributed by atoms with van der Waals surface area (Å²) < 4.78 is 0. The second kappa shape index (κ2) is 6.54. The third-order valence-corrected chi connectivity index (χ3v) is 4.44. The number of nitrogens with zero attached hydrogens (tertiary/aromatic N) is 3. The highest BCUT2D eigenvalue weighted by Gasteiger charge is 2.34. The second-order valence-electron chi connectivity index (χ2n) is 6.07. The highest BCUT2D eigenvalue weighted by Crippen LogP contribution is 2.25. The van der Waals surface area contributed by atoms with Gasteiger partial charge in [-0.25, -0.2) is 0 Å². The lowest BCUT2D eigenvalue weighted by Crippen LogP contribution is -2.53. The van der Waals surface area contributed by atoms with Crippen molar-refractivity contribution in [3.63, 3.8) is 0 Å². The minimum Gasteiger partial charge on any atom is -0.341 e. The molecule has 0 aromatic carbocycles. The van der Waals surface area contributed by atoms with Crippen molar-refractivity contribution in [2.75, 3.05) is 32.7 Å². The van der Waals surface area contributed by atoms with Crippen molar-refractivity contribution in [3.05, 3.63) is 30.1 Å². The predicted octanol–water partition coefficient (Wildman–Crippen LogP) is 1.04. The fourth-order valence-corrected chi connectivity index (χ4v) is 3.36. The molecular weight excluding hydrogens is 264 g/mol. The first kappa shape index (κ1) is 14.5. The fourth-order valence-electron chi connectivity index (χ4n) is 3.36. The van der Waals surface area contributed by atoms with Gasteiger partial charge in [0.1, 0.15) is 6.04 Å². The SMILES string of the molecule is CC1CN(C(C(=O)N2CCCC2)c2ccncc2)CCN1. The number of piperazine rings is 1. The van der Waals surface area contributed by atoms with Gasteiger partial charge in [-0.1, -0.05) is 0 Å². The van der Waals surface area contributed by atoms with E-state index in [-0.39, 0.29) is 11.9 Å². The first-order chi connectivity index (χ1) is 10.3. The summed E-state index contributed by atoms with van der Waals surface area (Å²) in [6.45, 7) is 6.75. The smallest absolute Gasteiger partial charge is 0.244 e. The number of amides is 1. The molecule has 2 atom stereocenters. The molecule has 3 rings (SSSR count). The van der Waals surface area contributed by atoms with Gasteiger partial charge in [0, 0.05) is 51.2 Å². The van der Waals surface area contributed by atoms with E-state index in [1.54, 1.807) is 12.4 Å². The van der Waals surface area contributed by atoms with E-state index in [0.717, 1.165) is 51.1 Å². The monoisotopic (exact) mass is 288 g/mol. The summed E-state index contributed by atoms with van der Waals surface area (Å²) in [5.74, 6) is 0.257. The molecule has 2 unspecified atom stereocenters. The normalized spacial score (nSPS) is 25.0. The predicted molar refractivity (Wildman–Crippen MR) is 81.8 cm³/mol. The number of aromatic nitrogens is 1. The van der Waals surface area contributed by atoms with Crippen LogP contribution >= 0.6 is 0 Å². The van der Waals surface area contributed by atoms with Gasteiger partial charge >= 0.3 is 0 Å². The number of rotatable bonds is 3. The Kier molecular flexibility index (Phi) is 4.51. The summed E-state index contributed by atoms with van der Waals surface area (Å²) in [5.41, 5.74) is 1.07. The molecule has 5 nitrogen and oxygen atoms in total. The summed E-state index contributed by atoms with van der Waals surface area (Å²) in [6.07, 6.45) is 5.83. The molecule has 114 valence electrons. The van der Waals surface area contributed by atoms with E-state index in [2.05, 4.69) is 22.1 Å². The second-order valence-corrected chi connectivity index (χ2v) is 6.07. The maximum Gasteiger partial charge on any atom is 0.244 e. The van der Waals surface area contributed by atoms with Crippen LogP contribution in [0.5, 0.6) is 0 Å². The molecule has 2 aliphatic heterocycles. The van der Waals surface area contributed by atoms with E-state index < -0.39 is 0 Å². The first-order valence-electron chi connectivity index (χ1n) is 7.92. The van der Waals surface area contributed by atoms with Crippen LogP contribution in [-0.4, -0.2) is 59.5 Å². The number of carbonyl (C=O) groups is 1. The zero-order chi connectivity index (χ0) is 14.7. The summed E-state index contributed by atoms with van der Waals surface area (Å²) in [7, 11) is 0. The van der Waals surface area contributed by atoms with Crippen molar-refractivity contribution in [1.82, 2.24) is 20.1 Å². The van der Waals surface area contributed by atoms with E-state index in [0.29, 0.717) is 6.04 Å². The van der Waals surface area contributed by atoms with Crippen LogP contribution < -0.4 is 5.32 Å². The molecule has 5 heteroatoms. The van der Waals surface area contributed by atoms with E-state index >= 15 is 0 Å². The lowest BCUT2D eigenvalue weighted by Gasteiger charge is -2.38. The summed E-state index contributed by atoms with van der Waals surface area (Å²) in [6, 6.07) is 4.22. The Labute approximate surface area is 126 Å². The Hall–Kier alpha value is -1.46. The van der Waals surface area contributed by atoms with Gasteiger partial charge < -0.3 is 10.2 Å². The van der Waals surface area contributed by atoms with Gasteiger partial charge in [-0.2, -0.15) is 0 Å². The molecule has 1 amide bonds. The molecular formula is C16H24N4O.